The predicted octanol–water partition coefficient (Wildman–Crippen LogP) is 2.19. The Bertz CT molecular complexity index is 976. The summed E-state index contributed by atoms with van der Waals surface area (Å²) in [6.07, 6.45) is 0. The molecule has 7 nitrogen and oxygen atoms in total. The first kappa shape index (κ1) is 19.6. The minimum atomic E-state index is -3.59. The summed E-state index contributed by atoms with van der Waals surface area (Å²) in [6.45, 7) is 0.848. The molecule has 1 aliphatic rings. The van der Waals surface area contributed by atoms with Crippen molar-refractivity contribution in [1.29, 1.82) is 5.26 Å². The van der Waals surface area contributed by atoms with Gasteiger partial charge >= 0.3 is 0 Å². The number of hydrogen-bond donors (Lipinski definition) is 0. The lowest BCUT2D eigenvalue weighted by Crippen LogP contribution is -2.51. The van der Waals surface area contributed by atoms with Crippen LogP contribution in [-0.2, 0) is 14.8 Å². The van der Waals surface area contributed by atoms with Gasteiger partial charge in [-0.2, -0.15) is 9.57 Å². The third kappa shape index (κ3) is 4.59. The van der Waals surface area contributed by atoms with Gasteiger partial charge in [0.1, 0.15) is 9.96 Å². The van der Waals surface area contributed by atoms with Crippen LogP contribution < -0.4 is 4.74 Å². The largest absolute Gasteiger partial charge is 0.484 e. The van der Waals surface area contributed by atoms with Crippen LogP contribution in [0.25, 0.3) is 0 Å². The summed E-state index contributed by atoms with van der Waals surface area (Å²) in [7, 11) is -3.59. The molecule has 2 aromatic rings. The van der Waals surface area contributed by atoms with Crippen molar-refractivity contribution in [3.63, 3.8) is 0 Å². The highest BCUT2D eigenvalue weighted by molar-refractivity contribution is 7.91. The third-order valence-corrected chi connectivity index (χ3v) is 7.66. The lowest BCUT2D eigenvalue weighted by Gasteiger charge is -2.33. The molecular weight excluding hydrogens is 410 g/mol. The Morgan fingerprint density at radius 3 is 2.59 bits per heavy atom. The van der Waals surface area contributed by atoms with Crippen LogP contribution in [-0.4, -0.2) is 56.3 Å². The van der Waals surface area contributed by atoms with Gasteiger partial charge in [-0.3, -0.25) is 4.79 Å². The molecule has 27 heavy (non-hydrogen) atoms. The minimum Gasteiger partial charge on any atom is -0.484 e. The maximum atomic E-state index is 12.6. The average Bonchev–Trinajstić information content (AvgIpc) is 3.13. The minimum absolute atomic E-state index is 0.165. The number of rotatable bonds is 5. The van der Waals surface area contributed by atoms with Crippen LogP contribution in [0.5, 0.6) is 5.75 Å². The Morgan fingerprint density at radius 1 is 1.22 bits per heavy atom. The molecule has 1 saturated heterocycles. The number of halogens is 1. The molecule has 10 heteroatoms. The van der Waals surface area contributed by atoms with E-state index < -0.39 is 10.0 Å². The van der Waals surface area contributed by atoms with Crippen molar-refractivity contribution in [2.45, 2.75) is 4.21 Å². The van der Waals surface area contributed by atoms with Gasteiger partial charge in [0.2, 0.25) is 0 Å². The Labute approximate surface area is 166 Å². The first-order valence-electron chi connectivity index (χ1n) is 8.06. The fourth-order valence-electron chi connectivity index (χ4n) is 2.63. The number of carbonyl (C=O) groups excluding carboxylic acids is 1. The van der Waals surface area contributed by atoms with Crippen LogP contribution in [0, 0.1) is 11.3 Å². The Hall–Kier alpha value is -2.12. The van der Waals surface area contributed by atoms with Crippen LogP contribution in [0.2, 0.25) is 4.34 Å². The summed E-state index contributed by atoms with van der Waals surface area (Å²) in [5, 5.41) is 8.88. The molecule has 2 heterocycles. The molecule has 142 valence electrons. The van der Waals surface area contributed by atoms with Crippen LogP contribution in [0.4, 0.5) is 0 Å². The molecule has 1 fully saturated rings. The summed E-state index contributed by atoms with van der Waals surface area (Å²) in [5.41, 5.74) is 0.451. The summed E-state index contributed by atoms with van der Waals surface area (Å²) >= 11 is 6.84. The molecule has 0 saturated carbocycles. The molecule has 0 N–H and O–H groups in total. The first-order valence-corrected chi connectivity index (χ1v) is 10.7. The number of piperazine rings is 1. The fraction of sp³-hybridized carbons (Fsp3) is 0.294. The van der Waals surface area contributed by atoms with E-state index in [1.807, 2.05) is 6.07 Å². The summed E-state index contributed by atoms with van der Waals surface area (Å²) in [5.74, 6) is 0.215. The lowest BCUT2D eigenvalue weighted by molar-refractivity contribution is -0.134. The molecule has 0 bridgehead atoms. The van der Waals surface area contributed by atoms with Crippen LogP contribution in [0.1, 0.15) is 5.56 Å². The van der Waals surface area contributed by atoms with Crippen molar-refractivity contribution in [1.82, 2.24) is 9.21 Å². The quantitative estimate of drug-likeness (QED) is 0.732. The first-order chi connectivity index (χ1) is 12.9. The number of hydrogen-bond acceptors (Lipinski definition) is 6. The fourth-order valence-corrected chi connectivity index (χ4v) is 5.69. The van der Waals surface area contributed by atoms with Crippen molar-refractivity contribution in [3.05, 3.63) is 46.3 Å². The zero-order valence-electron chi connectivity index (χ0n) is 14.2. The number of thiophene rings is 1. The van der Waals surface area contributed by atoms with E-state index >= 15 is 0 Å². The number of sulfonamides is 1. The third-order valence-electron chi connectivity index (χ3n) is 4.06. The van der Waals surface area contributed by atoms with Crippen molar-refractivity contribution in [2.24, 2.45) is 0 Å². The van der Waals surface area contributed by atoms with Gasteiger partial charge in [0, 0.05) is 26.2 Å². The lowest BCUT2D eigenvalue weighted by atomic mass is 10.2. The van der Waals surface area contributed by atoms with Gasteiger partial charge in [-0.15, -0.1) is 11.3 Å². The summed E-state index contributed by atoms with van der Waals surface area (Å²) in [6, 6.07) is 11.6. The van der Waals surface area contributed by atoms with Gasteiger partial charge in [0.15, 0.2) is 6.61 Å². The number of carbonyl (C=O) groups is 1. The Balaban J connectivity index is 1.54. The molecule has 1 aromatic heterocycles. The number of amides is 1. The highest BCUT2D eigenvalue weighted by Crippen LogP contribution is 2.28. The number of nitriles is 1. The second-order valence-corrected chi connectivity index (χ2v) is 9.65. The van der Waals surface area contributed by atoms with Crippen molar-refractivity contribution < 1.29 is 17.9 Å². The molecule has 1 aliphatic heterocycles. The monoisotopic (exact) mass is 425 g/mol. The van der Waals surface area contributed by atoms with Gasteiger partial charge in [-0.25, -0.2) is 8.42 Å². The highest BCUT2D eigenvalue weighted by atomic mass is 35.5. The van der Waals surface area contributed by atoms with E-state index in [2.05, 4.69) is 0 Å². The van der Waals surface area contributed by atoms with Crippen LogP contribution in [0.15, 0.2) is 40.6 Å². The second-order valence-electron chi connectivity index (χ2n) is 5.77. The SMILES string of the molecule is N#Cc1cccc(OCC(=O)N2CCN(S(=O)(=O)c3ccc(Cl)s3)CC2)c1. The van der Waals surface area contributed by atoms with Gasteiger partial charge < -0.3 is 9.64 Å². The van der Waals surface area contributed by atoms with Crippen molar-refractivity contribution in [3.8, 4) is 11.8 Å². The normalized spacial score (nSPS) is 15.3. The van der Waals surface area contributed by atoms with E-state index in [1.165, 1.54) is 10.4 Å². The zero-order chi connectivity index (χ0) is 19.4. The topological polar surface area (TPSA) is 90.7 Å². The number of benzene rings is 1. The molecule has 3 rings (SSSR count). The Morgan fingerprint density at radius 2 is 1.96 bits per heavy atom. The Kier molecular flexibility index (Phi) is 6.01. The van der Waals surface area contributed by atoms with E-state index in [4.69, 9.17) is 21.6 Å². The van der Waals surface area contributed by atoms with Crippen molar-refractivity contribution >= 4 is 38.9 Å². The van der Waals surface area contributed by atoms with Gasteiger partial charge in [0.25, 0.3) is 15.9 Å². The number of ether oxygens (including phenoxy) is 1. The molecule has 0 atom stereocenters. The number of nitrogens with zero attached hydrogens (tertiary/aromatic N) is 3. The maximum Gasteiger partial charge on any atom is 0.260 e. The van der Waals surface area contributed by atoms with Crippen LogP contribution in [0.3, 0.4) is 0 Å². The van der Waals surface area contributed by atoms with Crippen molar-refractivity contribution in [2.75, 3.05) is 32.8 Å². The molecule has 0 radical (unpaired) electrons. The summed E-state index contributed by atoms with van der Waals surface area (Å²) < 4.78 is 32.6. The van der Waals surface area contributed by atoms with E-state index in [0.717, 1.165) is 11.3 Å². The van der Waals surface area contributed by atoms with E-state index in [9.17, 15) is 13.2 Å². The summed E-state index contributed by atoms with van der Waals surface area (Å²) in [4.78, 5) is 13.9. The molecule has 0 spiro atoms. The van der Waals surface area contributed by atoms with E-state index in [0.29, 0.717) is 28.7 Å². The smallest absolute Gasteiger partial charge is 0.260 e. The molecule has 0 unspecified atom stereocenters. The molecule has 1 aromatic carbocycles. The van der Waals surface area contributed by atoms with E-state index in [-0.39, 0.29) is 29.8 Å². The average molecular weight is 426 g/mol. The molecule has 0 aliphatic carbocycles. The second kappa shape index (κ2) is 8.27. The van der Waals surface area contributed by atoms with E-state index in [1.54, 1.807) is 35.2 Å². The molecular formula is C17H16ClN3O4S2. The standard InChI is InChI=1S/C17H16ClN3O4S2/c18-15-4-5-17(26-15)27(23,24)21-8-6-20(7-9-21)16(22)12-25-14-3-1-2-13(10-14)11-19/h1-5,10H,6-9,12H2. The van der Waals surface area contributed by atoms with Gasteiger partial charge in [-0.1, -0.05) is 17.7 Å². The molecule has 1 amide bonds. The zero-order valence-corrected chi connectivity index (χ0v) is 16.6. The highest BCUT2D eigenvalue weighted by Gasteiger charge is 2.31. The van der Waals surface area contributed by atoms with Gasteiger partial charge in [0.05, 0.1) is 16.0 Å². The predicted molar refractivity (Wildman–Crippen MR) is 101 cm³/mol. The maximum absolute atomic E-state index is 12.6. The van der Waals surface area contributed by atoms with Gasteiger partial charge in [-0.05, 0) is 30.3 Å². The van der Waals surface area contributed by atoms with Crippen LogP contribution >= 0.6 is 22.9 Å².